The first-order valence-electron chi connectivity index (χ1n) is 11.4. The monoisotopic (exact) mass is 514 g/mol. The Balaban J connectivity index is 1.32. The van der Waals surface area contributed by atoms with Crippen LogP contribution in [0.3, 0.4) is 0 Å². The predicted octanol–water partition coefficient (Wildman–Crippen LogP) is 4.15. The van der Waals surface area contributed by atoms with E-state index in [1.54, 1.807) is 24.3 Å². The fourth-order valence-corrected chi connectivity index (χ4v) is 4.71. The first kappa shape index (κ1) is 25.2. The van der Waals surface area contributed by atoms with Crippen molar-refractivity contribution >= 4 is 39.4 Å². The van der Waals surface area contributed by atoms with Crippen molar-refractivity contribution in [1.29, 1.82) is 0 Å². The minimum absolute atomic E-state index is 0.0505. The number of carboxylic acids is 1. The summed E-state index contributed by atoms with van der Waals surface area (Å²) in [6.45, 7) is 0. The average Bonchev–Trinajstić information content (AvgIpc) is 3.27. The maximum absolute atomic E-state index is 12.5. The lowest BCUT2D eigenvalue weighted by atomic mass is 9.77. The van der Waals surface area contributed by atoms with Crippen molar-refractivity contribution in [2.24, 2.45) is 5.92 Å². The standard InChI is InChI=1S/C24H26N4O7S/c1-36(32,33)35-20-4-2-3-19(14-20)26-24-28-27-23(34-24)22(31)25-18-11-9-17(10-12-18)16-7-5-15(6-8-16)13-21(29)30/h2-4,9-12,14-16H,5-8,13H2,1H3,(H,25,31)(H,26,28)(H,29,30). The number of nitrogens with one attached hydrogen (secondary N) is 2. The van der Waals surface area contributed by atoms with E-state index in [1.807, 2.05) is 12.1 Å². The number of carboxylic acid groups (broad SMARTS) is 1. The summed E-state index contributed by atoms with van der Waals surface area (Å²) in [4.78, 5) is 23.4. The second kappa shape index (κ2) is 10.8. The molecular formula is C24H26N4O7S. The molecule has 12 heteroatoms. The molecule has 0 aliphatic heterocycles. The second-order valence-corrected chi connectivity index (χ2v) is 10.3. The Morgan fingerprint density at radius 3 is 2.44 bits per heavy atom. The van der Waals surface area contributed by atoms with Crippen molar-refractivity contribution in [2.45, 2.75) is 38.0 Å². The van der Waals surface area contributed by atoms with E-state index in [9.17, 15) is 18.0 Å². The van der Waals surface area contributed by atoms with Crippen LogP contribution in [0, 0.1) is 5.92 Å². The Morgan fingerprint density at radius 1 is 1.06 bits per heavy atom. The van der Waals surface area contributed by atoms with E-state index in [-0.39, 0.29) is 30.0 Å². The smallest absolute Gasteiger partial charge is 0.320 e. The van der Waals surface area contributed by atoms with E-state index < -0.39 is 22.0 Å². The van der Waals surface area contributed by atoms with Crippen molar-refractivity contribution in [2.75, 3.05) is 16.9 Å². The second-order valence-electron chi connectivity index (χ2n) is 8.74. The van der Waals surface area contributed by atoms with Crippen molar-refractivity contribution in [1.82, 2.24) is 10.2 Å². The molecule has 2 aromatic carbocycles. The largest absolute Gasteiger partial charge is 0.481 e. The van der Waals surface area contributed by atoms with Crippen molar-refractivity contribution in [3.05, 3.63) is 60.0 Å². The van der Waals surface area contributed by atoms with Crippen LogP contribution in [-0.4, -0.2) is 41.9 Å². The van der Waals surface area contributed by atoms with Gasteiger partial charge in [-0.2, -0.15) is 8.42 Å². The summed E-state index contributed by atoms with van der Waals surface area (Å²) in [7, 11) is -3.67. The Morgan fingerprint density at radius 2 is 1.78 bits per heavy atom. The third kappa shape index (κ3) is 7.04. The number of amides is 1. The zero-order valence-corrected chi connectivity index (χ0v) is 20.3. The summed E-state index contributed by atoms with van der Waals surface area (Å²) >= 11 is 0. The third-order valence-corrected chi connectivity index (χ3v) is 6.40. The highest BCUT2D eigenvalue weighted by atomic mass is 32.2. The lowest BCUT2D eigenvalue weighted by Gasteiger charge is -2.28. The van der Waals surface area contributed by atoms with Crippen molar-refractivity contribution < 1.29 is 31.7 Å². The number of hydrogen-bond acceptors (Lipinski definition) is 9. The highest BCUT2D eigenvalue weighted by molar-refractivity contribution is 7.86. The number of rotatable bonds is 9. The lowest BCUT2D eigenvalue weighted by Crippen LogP contribution is -2.16. The van der Waals surface area contributed by atoms with Crippen LogP contribution in [0.5, 0.6) is 5.75 Å². The van der Waals surface area contributed by atoms with Crippen LogP contribution in [0.4, 0.5) is 17.4 Å². The first-order valence-corrected chi connectivity index (χ1v) is 13.2. The Hall–Kier alpha value is -3.93. The van der Waals surface area contributed by atoms with Crippen LogP contribution in [0.1, 0.15) is 54.3 Å². The molecule has 11 nitrogen and oxygen atoms in total. The van der Waals surface area contributed by atoms with Gasteiger partial charge in [0, 0.05) is 23.9 Å². The predicted molar refractivity (Wildman–Crippen MR) is 131 cm³/mol. The topological polar surface area (TPSA) is 161 Å². The number of benzene rings is 2. The van der Waals surface area contributed by atoms with Gasteiger partial charge in [0.05, 0.1) is 6.26 Å². The summed E-state index contributed by atoms with van der Waals surface area (Å²) < 4.78 is 32.8. The van der Waals surface area contributed by atoms with Gasteiger partial charge in [-0.15, -0.1) is 5.10 Å². The minimum atomic E-state index is -3.67. The molecule has 1 aromatic heterocycles. The summed E-state index contributed by atoms with van der Waals surface area (Å²) in [6, 6.07) is 13.6. The number of carbonyl (C=O) groups excluding carboxylic acids is 1. The third-order valence-electron chi connectivity index (χ3n) is 5.90. The van der Waals surface area contributed by atoms with Gasteiger partial charge in [-0.25, -0.2) is 0 Å². The van der Waals surface area contributed by atoms with E-state index in [0.717, 1.165) is 37.5 Å². The quantitative estimate of drug-likeness (QED) is 0.354. The van der Waals surface area contributed by atoms with Crippen LogP contribution in [0.15, 0.2) is 52.9 Å². The molecule has 0 unspecified atom stereocenters. The molecule has 1 heterocycles. The van der Waals surface area contributed by atoms with Gasteiger partial charge in [0.15, 0.2) is 0 Å². The molecule has 1 saturated carbocycles. The molecule has 36 heavy (non-hydrogen) atoms. The summed E-state index contributed by atoms with van der Waals surface area (Å²) in [5.74, 6) is -0.831. The number of aliphatic carboxylic acids is 1. The molecule has 0 atom stereocenters. The number of anilines is 3. The molecule has 3 aromatic rings. The van der Waals surface area contributed by atoms with E-state index in [1.165, 1.54) is 12.1 Å². The molecule has 3 N–H and O–H groups in total. The fourth-order valence-electron chi connectivity index (χ4n) is 4.26. The maximum atomic E-state index is 12.5. The number of nitrogens with zero attached hydrogens (tertiary/aromatic N) is 2. The SMILES string of the molecule is CS(=O)(=O)Oc1cccc(Nc2nnc(C(=O)Nc3ccc(C4CCC(CC(=O)O)CC4)cc3)o2)c1. The van der Waals surface area contributed by atoms with Gasteiger partial charge in [-0.05, 0) is 67.3 Å². The summed E-state index contributed by atoms with van der Waals surface area (Å²) in [5.41, 5.74) is 2.16. The first-order chi connectivity index (χ1) is 17.1. The zero-order valence-electron chi connectivity index (χ0n) is 19.5. The van der Waals surface area contributed by atoms with E-state index in [0.29, 0.717) is 17.3 Å². The fraction of sp³-hybridized carbons (Fsp3) is 0.333. The lowest BCUT2D eigenvalue weighted by molar-refractivity contribution is -0.138. The number of aromatic nitrogens is 2. The Bertz CT molecular complexity index is 1330. The maximum Gasteiger partial charge on any atom is 0.320 e. The van der Waals surface area contributed by atoms with Gasteiger partial charge in [0.1, 0.15) is 5.75 Å². The Labute approximate surface area is 208 Å². The summed E-state index contributed by atoms with van der Waals surface area (Å²) in [5, 5.41) is 22.0. The van der Waals surface area contributed by atoms with E-state index in [2.05, 4.69) is 20.8 Å². The van der Waals surface area contributed by atoms with Crippen molar-refractivity contribution in [3.63, 3.8) is 0 Å². The minimum Gasteiger partial charge on any atom is -0.481 e. The molecular weight excluding hydrogens is 488 g/mol. The van der Waals surface area contributed by atoms with Gasteiger partial charge < -0.3 is 24.3 Å². The number of carbonyl (C=O) groups is 2. The highest BCUT2D eigenvalue weighted by Gasteiger charge is 2.24. The molecule has 0 saturated heterocycles. The van der Waals surface area contributed by atoms with E-state index in [4.69, 9.17) is 13.7 Å². The van der Waals surface area contributed by atoms with Crippen LogP contribution < -0.4 is 14.8 Å². The van der Waals surface area contributed by atoms with Crippen LogP contribution in [0.25, 0.3) is 0 Å². The van der Waals surface area contributed by atoms with E-state index >= 15 is 0 Å². The van der Waals surface area contributed by atoms with Gasteiger partial charge >= 0.3 is 33.9 Å². The molecule has 0 spiro atoms. The van der Waals surface area contributed by atoms with Crippen LogP contribution >= 0.6 is 0 Å². The molecule has 1 fully saturated rings. The molecule has 0 bridgehead atoms. The Kier molecular flexibility index (Phi) is 7.53. The molecule has 1 amide bonds. The number of hydrogen-bond donors (Lipinski definition) is 3. The van der Waals surface area contributed by atoms with Gasteiger partial charge in [0.2, 0.25) is 0 Å². The van der Waals surface area contributed by atoms with Crippen LogP contribution in [0.2, 0.25) is 0 Å². The molecule has 0 radical (unpaired) electrons. The highest BCUT2D eigenvalue weighted by Crippen LogP contribution is 2.37. The molecule has 1 aliphatic carbocycles. The molecule has 190 valence electrons. The van der Waals surface area contributed by atoms with Crippen molar-refractivity contribution in [3.8, 4) is 5.75 Å². The average molecular weight is 515 g/mol. The van der Waals surface area contributed by atoms with Gasteiger partial charge in [-0.1, -0.05) is 23.3 Å². The van der Waals surface area contributed by atoms with Gasteiger partial charge in [-0.3, -0.25) is 9.59 Å². The normalized spacial score (nSPS) is 17.8. The zero-order chi connectivity index (χ0) is 25.7. The van der Waals surface area contributed by atoms with Crippen LogP contribution in [-0.2, 0) is 14.9 Å². The van der Waals surface area contributed by atoms with Gasteiger partial charge in [0.25, 0.3) is 0 Å². The summed E-state index contributed by atoms with van der Waals surface area (Å²) in [6.07, 6.45) is 4.87. The molecule has 1 aliphatic rings. The molecule has 4 rings (SSSR count).